The van der Waals surface area contributed by atoms with Crippen LogP contribution in [0.1, 0.15) is 6.92 Å². The highest BCUT2D eigenvalue weighted by molar-refractivity contribution is 7.13. The molecule has 1 aliphatic rings. The Morgan fingerprint density at radius 1 is 1.23 bits per heavy atom. The lowest BCUT2D eigenvalue weighted by Gasteiger charge is -2.32. The van der Waals surface area contributed by atoms with Crippen LogP contribution in [0.2, 0.25) is 0 Å². The normalized spacial score (nSPS) is 15.4. The number of benzene rings is 1. The van der Waals surface area contributed by atoms with E-state index >= 15 is 0 Å². The number of thiazole rings is 1. The Morgan fingerprint density at radius 2 is 2.10 bits per heavy atom. The zero-order chi connectivity index (χ0) is 21.8. The molecule has 9 heteroatoms. The van der Waals surface area contributed by atoms with E-state index in [1.807, 2.05) is 29.6 Å². The summed E-state index contributed by atoms with van der Waals surface area (Å²) in [7, 11) is 1.52. The molecule has 0 fully saturated rings. The van der Waals surface area contributed by atoms with Crippen molar-refractivity contribution in [3.05, 3.63) is 48.0 Å². The number of nitrogens with zero attached hydrogens (tertiary/aromatic N) is 3. The highest BCUT2D eigenvalue weighted by Crippen LogP contribution is 2.38. The van der Waals surface area contributed by atoms with E-state index in [0.29, 0.717) is 18.0 Å². The summed E-state index contributed by atoms with van der Waals surface area (Å²) in [5.74, 6) is -0.288. The summed E-state index contributed by atoms with van der Waals surface area (Å²) in [4.78, 5) is 35.4. The van der Waals surface area contributed by atoms with Crippen LogP contribution in [0.3, 0.4) is 0 Å². The first-order valence-electron chi connectivity index (χ1n) is 9.71. The van der Waals surface area contributed by atoms with Crippen LogP contribution in [0.25, 0.3) is 22.0 Å². The van der Waals surface area contributed by atoms with Crippen molar-refractivity contribution >= 4 is 28.9 Å². The van der Waals surface area contributed by atoms with Gasteiger partial charge in [-0.25, -0.2) is 4.98 Å². The first kappa shape index (κ1) is 21.0. The Bertz CT molecular complexity index is 1090. The van der Waals surface area contributed by atoms with Gasteiger partial charge >= 0.3 is 5.97 Å². The minimum Gasteiger partial charge on any atom is -0.479 e. The fraction of sp³-hybridized carbons (Fsp3) is 0.273. The van der Waals surface area contributed by atoms with Crippen LogP contribution < -0.4 is 9.64 Å². The van der Waals surface area contributed by atoms with Gasteiger partial charge in [0.25, 0.3) is 5.91 Å². The number of carbonyl (C=O) groups is 2. The summed E-state index contributed by atoms with van der Waals surface area (Å²) in [5.41, 5.74) is 2.86. The van der Waals surface area contributed by atoms with Crippen LogP contribution in [-0.2, 0) is 19.1 Å². The number of amides is 1. The van der Waals surface area contributed by atoms with Crippen molar-refractivity contribution in [1.29, 1.82) is 0 Å². The second kappa shape index (κ2) is 9.23. The Morgan fingerprint density at radius 3 is 2.87 bits per heavy atom. The topological polar surface area (TPSA) is 90.9 Å². The zero-order valence-electron chi connectivity index (χ0n) is 17.1. The molecule has 0 saturated heterocycles. The van der Waals surface area contributed by atoms with E-state index in [4.69, 9.17) is 14.2 Å². The molecule has 1 unspecified atom stereocenters. The lowest BCUT2D eigenvalue weighted by atomic mass is 10.1. The highest BCUT2D eigenvalue weighted by Gasteiger charge is 2.33. The molecule has 160 valence electrons. The molecular weight excluding hydrogens is 418 g/mol. The first-order valence-corrected chi connectivity index (χ1v) is 10.6. The number of carbonyl (C=O) groups excluding carboxylic acids is 2. The van der Waals surface area contributed by atoms with Crippen molar-refractivity contribution in [3.8, 4) is 27.7 Å². The van der Waals surface area contributed by atoms with Crippen molar-refractivity contribution in [3.63, 3.8) is 0 Å². The second-order valence-corrected chi connectivity index (χ2v) is 7.69. The highest BCUT2D eigenvalue weighted by atomic mass is 32.1. The van der Waals surface area contributed by atoms with Crippen molar-refractivity contribution in [2.24, 2.45) is 0 Å². The SMILES string of the molecule is COCCOC(=O)CN1C(=O)C(C)Oc2ccc(-c3csc(-c4ccccn4)n3)cc21. The summed E-state index contributed by atoms with van der Waals surface area (Å²) in [6.07, 6.45) is 1.03. The van der Waals surface area contributed by atoms with Crippen LogP contribution in [0.5, 0.6) is 5.75 Å². The summed E-state index contributed by atoms with van der Waals surface area (Å²) >= 11 is 1.49. The quantitative estimate of drug-likeness (QED) is 0.412. The minimum atomic E-state index is -0.694. The van der Waals surface area contributed by atoms with Crippen LogP contribution in [0.4, 0.5) is 5.69 Å². The van der Waals surface area contributed by atoms with Gasteiger partial charge in [0, 0.05) is 24.3 Å². The molecule has 0 spiro atoms. The average molecular weight is 439 g/mol. The molecule has 1 amide bonds. The van der Waals surface area contributed by atoms with Gasteiger partial charge in [-0.3, -0.25) is 19.5 Å². The summed E-state index contributed by atoms with van der Waals surface area (Å²) in [5, 5.41) is 2.73. The van der Waals surface area contributed by atoms with Gasteiger partial charge < -0.3 is 14.2 Å². The fourth-order valence-electron chi connectivity index (χ4n) is 3.16. The van der Waals surface area contributed by atoms with Crippen LogP contribution in [0, 0.1) is 0 Å². The largest absolute Gasteiger partial charge is 0.479 e. The van der Waals surface area contributed by atoms with Gasteiger partial charge in [0.1, 0.15) is 23.9 Å². The monoisotopic (exact) mass is 439 g/mol. The minimum absolute atomic E-state index is 0.130. The zero-order valence-corrected chi connectivity index (χ0v) is 17.9. The lowest BCUT2D eigenvalue weighted by Crippen LogP contribution is -2.47. The molecule has 2 aromatic heterocycles. The Kier molecular flexibility index (Phi) is 6.24. The summed E-state index contributed by atoms with van der Waals surface area (Å²) in [6, 6.07) is 11.1. The third-order valence-electron chi connectivity index (χ3n) is 4.69. The van der Waals surface area contributed by atoms with Gasteiger partial charge in [0.2, 0.25) is 0 Å². The molecular formula is C22H21N3O5S. The Hall–Kier alpha value is -3.30. The molecule has 1 aromatic carbocycles. The van der Waals surface area contributed by atoms with E-state index in [1.54, 1.807) is 25.3 Å². The Labute approximate surface area is 183 Å². The summed E-state index contributed by atoms with van der Waals surface area (Å²) < 4.78 is 15.8. The molecule has 0 saturated carbocycles. The molecule has 0 radical (unpaired) electrons. The average Bonchev–Trinajstić information content (AvgIpc) is 3.28. The lowest BCUT2D eigenvalue weighted by molar-refractivity contribution is -0.144. The van der Waals surface area contributed by atoms with Gasteiger partial charge in [-0.15, -0.1) is 11.3 Å². The van der Waals surface area contributed by atoms with Gasteiger partial charge in [0.15, 0.2) is 6.10 Å². The summed E-state index contributed by atoms with van der Waals surface area (Å²) in [6.45, 7) is 1.87. The van der Waals surface area contributed by atoms with Gasteiger partial charge in [-0.1, -0.05) is 6.07 Å². The van der Waals surface area contributed by atoms with Crippen molar-refractivity contribution in [2.75, 3.05) is 31.8 Å². The maximum Gasteiger partial charge on any atom is 0.326 e. The van der Waals surface area contributed by atoms with Crippen LogP contribution in [-0.4, -0.2) is 54.8 Å². The standard InChI is InChI=1S/C22H21N3O5S/c1-14-22(27)25(12-20(26)29-10-9-28-2)18-11-15(6-7-19(18)30-14)17-13-31-21(24-17)16-5-3-4-8-23-16/h3-8,11,13-14H,9-10,12H2,1-2H3. The molecule has 8 nitrogen and oxygen atoms in total. The van der Waals surface area contributed by atoms with E-state index in [0.717, 1.165) is 22.0 Å². The molecule has 1 atom stereocenters. The molecule has 0 N–H and O–H groups in total. The molecule has 0 bridgehead atoms. The number of anilines is 1. The third-order valence-corrected chi connectivity index (χ3v) is 5.55. The van der Waals surface area contributed by atoms with E-state index < -0.39 is 12.1 Å². The fourth-order valence-corrected chi connectivity index (χ4v) is 3.96. The Balaban J connectivity index is 1.61. The maximum absolute atomic E-state index is 12.7. The van der Waals surface area contributed by atoms with Crippen LogP contribution >= 0.6 is 11.3 Å². The van der Waals surface area contributed by atoms with Gasteiger partial charge in [0.05, 0.1) is 23.7 Å². The van der Waals surface area contributed by atoms with E-state index in [-0.39, 0.29) is 19.1 Å². The van der Waals surface area contributed by atoms with Crippen molar-refractivity contribution in [1.82, 2.24) is 9.97 Å². The van der Waals surface area contributed by atoms with Crippen molar-refractivity contribution in [2.45, 2.75) is 13.0 Å². The first-order chi connectivity index (χ1) is 15.1. The van der Waals surface area contributed by atoms with E-state index in [9.17, 15) is 9.59 Å². The number of fused-ring (bicyclic) bond motifs is 1. The predicted molar refractivity (Wildman–Crippen MR) is 116 cm³/mol. The smallest absolute Gasteiger partial charge is 0.326 e. The number of pyridine rings is 1. The predicted octanol–water partition coefficient (Wildman–Crippen LogP) is 3.18. The van der Waals surface area contributed by atoms with Gasteiger partial charge in [-0.2, -0.15) is 0 Å². The van der Waals surface area contributed by atoms with Gasteiger partial charge in [-0.05, 0) is 37.3 Å². The number of aromatic nitrogens is 2. The second-order valence-electron chi connectivity index (χ2n) is 6.83. The molecule has 4 rings (SSSR count). The van der Waals surface area contributed by atoms with E-state index in [2.05, 4.69) is 9.97 Å². The number of hydrogen-bond donors (Lipinski definition) is 0. The molecule has 3 heterocycles. The number of esters is 1. The number of hydrogen-bond acceptors (Lipinski definition) is 8. The van der Waals surface area contributed by atoms with E-state index in [1.165, 1.54) is 23.3 Å². The molecule has 3 aromatic rings. The molecule has 31 heavy (non-hydrogen) atoms. The molecule has 0 aliphatic carbocycles. The van der Waals surface area contributed by atoms with Crippen molar-refractivity contribution < 1.29 is 23.8 Å². The maximum atomic E-state index is 12.7. The third kappa shape index (κ3) is 4.57. The van der Waals surface area contributed by atoms with Crippen LogP contribution in [0.15, 0.2) is 48.0 Å². The molecule has 1 aliphatic heterocycles. The number of rotatable bonds is 7. The number of ether oxygens (including phenoxy) is 3. The number of methoxy groups -OCH3 is 1.